The molecule has 1 aliphatic carbocycles. The van der Waals surface area contributed by atoms with E-state index in [9.17, 15) is 0 Å². The maximum Gasteiger partial charge on any atom is -0.0190 e. The first-order chi connectivity index (χ1) is 5.90. The van der Waals surface area contributed by atoms with Crippen LogP contribution in [0.25, 0.3) is 0 Å². The Balaban J connectivity index is 3.18. The Morgan fingerprint density at radius 1 is 0.857 bits per heavy atom. The Kier molecular flexibility index (Phi) is 2.21. The molecule has 0 aromatic heterocycles. The van der Waals surface area contributed by atoms with Crippen LogP contribution in [0.3, 0.4) is 0 Å². The molecule has 14 heavy (non-hydrogen) atoms. The molecule has 1 aliphatic rings. The summed E-state index contributed by atoms with van der Waals surface area (Å²) in [5.74, 6) is 0.796. The molecule has 0 nitrogen and oxygen atoms in total. The SMILES string of the molecule is CC1C(C)(C)C(C)(C)C1(C)C(C)(C)C. The van der Waals surface area contributed by atoms with E-state index in [4.69, 9.17) is 0 Å². The second-order valence-corrected chi connectivity index (χ2v) is 7.52. The molecule has 2 atom stereocenters. The summed E-state index contributed by atoms with van der Waals surface area (Å²) in [5, 5.41) is 0. The van der Waals surface area contributed by atoms with E-state index in [1.165, 1.54) is 0 Å². The monoisotopic (exact) mass is 196 g/mol. The molecule has 84 valence electrons. The predicted molar refractivity (Wildman–Crippen MR) is 64.3 cm³/mol. The van der Waals surface area contributed by atoms with Crippen molar-refractivity contribution in [3.8, 4) is 0 Å². The summed E-state index contributed by atoms with van der Waals surface area (Å²) < 4.78 is 0. The van der Waals surface area contributed by atoms with Gasteiger partial charge in [0.15, 0.2) is 0 Å². The van der Waals surface area contributed by atoms with Gasteiger partial charge in [-0.3, -0.25) is 0 Å². The molecule has 0 aromatic carbocycles. The molecule has 0 aromatic rings. The highest BCUT2D eigenvalue weighted by Crippen LogP contribution is 2.76. The van der Waals surface area contributed by atoms with E-state index in [0.717, 1.165) is 5.92 Å². The number of rotatable bonds is 0. The van der Waals surface area contributed by atoms with Crippen LogP contribution in [0.1, 0.15) is 62.3 Å². The van der Waals surface area contributed by atoms with Gasteiger partial charge in [-0.25, -0.2) is 0 Å². The molecule has 0 radical (unpaired) electrons. The molecule has 0 amide bonds. The van der Waals surface area contributed by atoms with Crippen molar-refractivity contribution in [2.24, 2.45) is 27.6 Å². The zero-order valence-electron chi connectivity index (χ0n) is 11.6. The maximum absolute atomic E-state index is 2.48. The van der Waals surface area contributed by atoms with Gasteiger partial charge < -0.3 is 0 Å². The first-order valence-electron chi connectivity index (χ1n) is 5.90. The van der Waals surface area contributed by atoms with Crippen LogP contribution < -0.4 is 0 Å². The standard InChI is InChI=1S/C14H28/c1-10-12(5,6)13(7,8)14(10,9)11(2,3)4/h10H,1-9H3. The Morgan fingerprint density at radius 3 is 1.36 bits per heavy atom. The molecule has 1 saturated carbocycles. The van der Waals surface area contributed by atoms with Crippen LogP contribution in [0, 0.1) is 27.6 Å². The number of hydrogen-bond donors (Lipinski definition) is 0. The van der Waals surface area contributed by atoms with Gasteiger partial charge in [-0.05, 0) is 27.6 Å². The molecule has 0 N–H and O–H groups in total. The predicted octanol–water partition coefficient (Wildman–Crippen LogP) is 4.74. The number of hydrogen-bond acceptors (Lipinski definition) is 0. The quantitative estimate of drug-likeness (QED) is 0.525. The third-order valence-corrected chi connectivity index (χ3v) is 6.42. The van der Waals surface area contributed by atoms with Crippen LogP contribution in [-0.4, -0.2) is 0 Å². The van der Waals surface area contributed by atoms with Gasteiger partial charge in [0.05, 0.1) is 0 Å². The molecule has 0 bridgehead atoms. The fourth-order valence-electron chi connectivity index (χ4n) is 3.98. The largest absolute Gasteiger partial charge is 0.0614 e. The highest BCUT2D eigenvalue weighted by molar-refractivity contribution is 5.18. The van der Waals surface area contributed by atoms with E-state index < -0.39 is 0 Å². The summed E-state index contributed by atoms with van der Waals surface area (Å²) in [6.45, 7) is 21.8. The van der Waals surface area contributed by atoms with E-state index >= 15 is 0 Å². The lowest BCUT2D eigenvalue weighted by atomic mass is 9.29. The summed E-state index contributed by atoms with van der Waals surface area (Å²) in [6.07, 6.45) is 0. The van der Waals surface area contributed by atoms with Crippen LogP contribution >= 0.6 is 0 Å². The van der Waals surface area contributed by atoms with E-state index in [1.54, 1.807) is 0 Å². The van der Waals surface area contributed by atoms with Crippen LogP contribution in [-0.2, 0) is 0 Å². The second-order valence-electron chi connectivity index (χ2n) is 7.52. The highest BCUT2D eigenvalue weighted by atomic mass is 14.7. The van der Waals surface area contributed by atoms with E-state index in [1.807, 2.05) is 0 Å². The van der Waals surface area contributed by atoms with Crippen molar-refractivity contribution in [2.45, 2.75) is 62.3 Å². The van der Waals surface area contributed by atoms with Crippen molar-refractivity contribution in [1.82, 2.24) is 0 Å². The van der Waals surface area contributed by atoms with Gasteiger partial charge in [0.2, 0.25) is 0 Å². The summed E-state index contributed by atoms with van der Waals surface area (Å²) in [4.78, 5) is 0. The average molecular weight is 196 g/mol. The van der Waals surface area contributed by atoms with Gasteiger partial charge in [0.1, 0.15) is 0 Å². The Bertz CT molecular complexity index is 239. The Hall–Kier alpha value is 0. The minimum absolute atomic E-state index is 0.394. The third kappa shape index (κ3) is 0.955. The molecular formula is C14H28. The van der Waals surface area contributed by atoms with Crippen molar-refractivity contribution < 1.29 is 0 Å². The molecule has 2 unspecified atom stereocenters. The molecular weight excluding hydrogens is 168 g/mol. The lowest BCUT2D eigenvalue weighted by molar-refractivity contribution is -0.275. The molecule has 1 rings (SSSR count). The zero-order chi connectivity index (χ0) is 11.6. The summed E-state index contributed by atoms with van der Waals surface area (Å²) in [5.41, 5.74) is 1.74. The van der Waals surface area contributed by atoms with Gasteiger partial charge in [0.25, 0.3) is 0 Å². The van der Waals surface area contributed by atoms with Gasteiger partial charge >= 0.3 is 0 Å². The van der Waals surface area contributed by atoms with E-state index in [2.05, 4.69) is 62.3 Å². The second kappa shape index (κ2) is 2.57. The summed E-state index contributed by atoms with van der Waals surface area (Å²) in [7, 11) is 0. The Labute approximate surface area is 90.5 Å². The van der Waals surface area contributed by atoms with Crippen LogP contribution in [0.5, 0.6) is 0 Å². The van der Waals surface area contributed by atoms with Crippen molar-refractivity contribution in [1.29, 1.82) is 0 Å². The molecule has 0 spiro atoms. The molecule has 0 heterocycles. The van der Waals surface area contributed by atoms with Gasteiger partial charge in [0, 0.05) is 0 Å². The third-order valence-electron chi connectivity index (χ3n) is 6.42. The average Bonchev–Trinajstić information content (AvgIpc) is 1.98. The highest BCUT2D eigenvalue weighted by Gasteiger charge is 2.70. The van der Waals surface area contributed by atoms with Gasteiger partial charge in [-0.1, -0.05) is 62.3 Å². The minimum atomic E-state index is 0.394. The topological polar surface area (TPSA) is 0 Å². The molecule has 0 aliphatic heterocycles. The van der Waals surface area contributed by atoms with Crippen LogP contribution in [0.2, 0.25) is 0 Å². The van der Waals surface area contributed by atoms with Crippen molar-refractivity contribution in [3.63, 3.8) is 0 Å². The maximum atomic E-state index is 2.48. The fourth-order valence-corrected chi connectivity index (χ4v) is 3.98. The smallest absolute Gasteiger partial charge is 0.0190 e. The molecule has 1 fully saturated rings. The van der Waals surface area contributed by atoms with Crippen molar-refractivity contribution in [3.05, 3.63) is 0 Å². The van der Waals surface area contributed by atoms with Crippen molar-refractivity contribution >= 4 is 0 Å². The lowest BCUT2D eigenvalue weighted by Crippen LogP contribution is -2.70. The zero-order valence-corrected chi connectivity index (χ0v) is 11.6. The fraction of sp³-hybridized carbons (Fsp3) is 1.00. The lowest BCUT2D eigenvalue weighted by Gasteiger charge is -2.75. The van der Waals surface area contributed by atoms with E-state index in [-0.39, 0.29) is 0 Å². The molecule has 0 heteroatoms. The van der Waals surface area contributed by atoms with Crippen LogP contribution in [0.15, 0.2) is 0 Å². The van der Waals surface area contributed by atoms with E-state index in [0.29, 0.717) is 21.7 Å². The van der Waals surface area contributed by atoms with Gasteiger partial charge in [-0.2, -0.15) is 0 Å². The van der Waals surface area contributed by atoms with Crippen molar-refractivity contribution in [2.75, 3.05) is 0 Å². The normalized spacial score (nSPS) is 40.5. The minimum Gasteiger partial charge on any atom is -0.0614 e. The van der Waals surface area contributed by atoms with Crippen LogP contribution in [0.4, 0.5) is 0 Å². The summed E-state index contributed by atoms with van der Waals surface area (Å²) >= 11 is 0. The first kappa shape index (κ1) is 12.1. The first-order valence-corrected chi connectivity index (χ1v) is 5.90. The molecule has 0 saturated heterocycles. The van der Waals surface area contributed by atoms with Gasteiger partial charge in [-0.15, -0.1) is 0 Å². The summed E-state index contributed by atoms with van der Waals surface area (Å²) in [6, 6.07) is 0. The Morgan fingerprint density at radius 2 is 1.21 bits per heavy atom.